The number of H-pyrrole nitrogens is 1. The molecule has 3 unspecified atom stereocenters. The van der Waals surface area contributed by atoms with E-state index in [2.05, 4.69) is 58.5 Å². The summed E-state index contributed by atoms with van der Waals surface area (Å²) in [5.74, 6) is 2.70. The number of hydrogen-bond acceptors (Lipinski definition) is 5. The van der Waals surface area contributed by atoms with Gasteiger partial charge in [0.25, 0.3) is 0 Å². The first kappa shape index (κ1) is 19.1. The monoisotopic (exact) mass is 418 g/mol. The molecule has 2 aliphatic heterocycles. The van der Waals surface area contributed by atoms with Crippen molar-refractivity contribution in [1.29, 1.82) is 0 Å². The standard InChI is InChI=1S/C25H30N4O2/c1-16-14-29(12-13-30-16)21-15-31-22-11-3-2-8-18(22)23(21)26-19-9-5-10-20-24(19)28-25(27-20)17-6-4-7-17/h2-3,5,8-11,16-17,21,23,26H,4,6-7,12-15H2,1H3,(H,27,28). The van der Waals surface area contributed by atoms with Gasteiger partial charge >= 0.3 is 0 Å². The van der Waals surface area contributed by atoms with Crippen molar-refractivity contribution in [2.75, 3.05) is 31.6 Å². The molecule has 3 aromatic rings. The van der Waals surface area contributed by atoms with Gasteiger partial charge in [0.05, 0.1) is 36.0 Å². The Morgan fingerprint density at radius 3 is 2.87 bits per heavy atom. The molecule has 1 saturated heterocycles. The lowest BCUT2D eigenvalue weighted by Gasteiger charge is -2.44. The molecule has 0 amide bonds. The molecule has 6 heteroatoms. The van der Waals surface area contributed by atoms with E-state index >= 15 is 0 Å². The summed E-state index contributed by atoms with van der Waals surface area (Å²) in [6, 6.07) is 15.2. The zero-order chi connectivity index (χ0) is 20.8. The SMILES string of the molecule is CC1CN(C2COc3ccccc3C2Nc2cccc3[nH]c(C4CCC4)nc23)CCO1. The molecule has 0 bridgehead atoms. The van der Waals surface area contributed by atoms with Crippen LogP contribution in [0.25, 0.3) is 11.0 Å². The Bertz CT molecular complexity index is 1080. The molecular weight excluding hydrogens is 388 g/mol. The molecule has 3 atom stereocenters. The topological polar surface area (TPSA) is 62.4 Å². The fraction of sp³-hybridized carbons (Fsp3) is 0.480. The molecule has 3 heterocycles. The Balaban J connectivity index is 1.37. The number of anilines is 1. The molecule has 0 radical (unpaired) electrons. The van der Waals surface area contributed by atoms with Gasteiger partial charge in [-0.3, -0.25) is 4.90 Å². The number of aromatic amines is 1. The molecule has 31 heavy (non-hydrogen) atoms. The van der Waals surface area contributed by atoms with Crippen LogP contribution < -0.4 is 10.1 Å². The van der Waals surface area contributed by atoms with Crippen molar-refractivity contribution in [1.82, 2.24) is 14.9 Å². The van der Waals surface area contributed by atoms with Crippen molar-refractivity contribution < 1.29 is 9.47 Å². The number of fused-ring (bicyclic) bond motifs is 2. The van der Waals surface area contributed by atoms with Gasteiger partial charge in [0.15, 0.2) is 0 Å². The summed E-state index contributed by atoms with van der Waals surface area (Å²) in [6.07, 6.45) is 4.04. The first-order chi connectivity index (χ1) is 15.3. The third-order valence-electron chi connectivity index (χ3n) is 7.12. The van der Waals surface area contributed by atoms with Crippen LogP contribution in [0.3, 0.4) is 0 Å². The van der Waals surface area contributed by atoms with Crippen molar-refractivity contribution in [3.8, 4) is 5.75 Å². The maximum absolute atomic E-state index is 6.19. The highest BCUT2D eigenvalue weighted by atomic mass is 16.5. The van der Waals surface area contributed by atoms with Gasteiger partial charge in [-0.2, -0.15) is 0 Å². The Labute approximate surface area is 182 Å². The number of hydrogen-bond donors (Lipinski definition) is 2. The molecule has 2 N–H and O–H groups in total. The minimum atomic E-state index is 0.129. The molecule has 3 aliphatic rings. The number of benzene rings is 2. The highest BCUT2D eigenvalue weighted by Gasteiger charge is 2.37. The average molecular weight is 419 g/mol. The number of aromatic nitrogens is 2. The molecule has 2 aromatic carbocycles. The maximum Gasteiger partial charge on any atom is 0.124 e. The second-order valence-corrected chi connectivity index (χ2v) is 9.17. The lowest BCUT2D eigenvalue weighted by atomic mass is 9.85. The molecule has 1 aliphatic carbocycles. The molecule has 162 valence electrons. The first-order valence-electron chi connectivity index (χ1n) is 11.6. The van der Waals surface area contributed by atoms with E-state index in [1.54, 1.807) is 0 Å². The zero-order valence-electron chi connectivity index (χ0n) is 18.0. The summed E-state index contributed by atoms with van der Waals surface area (Å²) in [7, 11) is 0. The van der Waals surface area contributed by atoms with Crippen LogP contribution in [0.4, 0.5) is 5.69 Å². The minimum Gasteiger partial charge on any atom is -0.491 e. The van der Waals surface area contributed by atoms with E-state index in [1.807, 2.05) is 6.07 Å². The molecule has 6 nitrogen and oxygen atoms in total. The van der Waals surface area contributed by atoms with Gasteiger partial charge in [-0.25, -0.2) is 4.98 Å². The first-order valence-corrected chi connectivity index (χ1v) is 11.6. The van der Waals surface area contributed by atoms with Crippen LogP contribution in [-0.2, 0) is 4.74 Å². The van der Waals surface area contributed by atoms with Crippen LogP contribution in [0.2, 0.25) is 0 Å². The highest BCUT2D eigenvalue weighted by Crippen LogP contribution is 2.40. The zero-order valence-corrected chi connectivity index (χ0v) is 18.0. The quantitative estimate of drug-likeness (QED) is 0.655. The van der Waals surface area contributed by atoms with Crippen LogP contribution in [-0.4, -0.2) is 53.3 Å². The Morgan fingerprint density at radius 1 is 1.13 bits per heavy atom. The number of imidazole rings is 1. The number of nitrogens with zero attached hydrogens (tertiary/aromatic N) is 2. The number of para-hydroxylation sites is 2. The van der Waals surface area contributed by atoms with Crippen LogP contribution in [0.1, 0.15) is 49.5 Å². The normalized spacial score (nSPS) is 26.8. The van der Waals surface area contributed by atoms with E-state index < -0.39 is 0 Å². The van der Waals surface area contributed by atoms with Crippen LogP contribution >= 0.6 is 0 Å². The number of ether oxygens (including phenoxy) is 2. The van der Waals surface area contributed by atoms with Gasteiger partial charge in [-0.05, 0) is 38.0 Å². The van der Waals surface area contributed by atoms with Crippen LogP contribution in [0, 0.1) is 0 Å². The summed E-state index contributed by atoms with van der Waals surface area (Å²) in [6.45, 7) is 5.44. The van der Waals surface area contributed by atoms with Crippen molar-refractivity contribution in [3.05, 3.63) is 53.9 Å². The average Bonchev–Trinajstić information content (AvgIpc) is 3.17. The summed E-state index contributed by atoms with van der Waals surface area (Å²) in [5.41, 5.74) is 4.46. The predicted molar refractivity (Wildman–Crippen MR) is 122 cm³/mol. The van der Waals surface area contributed by atoms with Gasteiger partial charge in [0, 0.05) is 24.6 Å². The van der Waals surface area contributed by atoms with E-state index in [0.29, 0.717) is 12.5 Å². The maximum atomic E-state index is 6.19. The van der Waals surface area contributed by atoms with Gasteiger partial charge in [0.1, 0.15) is 23.7 Å². The minimum absolute atomic E-state index is 0.129. The van der Waals surface area contributed by atoms with Gasteiger partial charge in [-0.1, -0.05) is 30.7 Å². The summed E-state index contributed by atoms with van der Waals surface area (Å²) >= 11 is 0. The van der Waals surface area contributed by atoms with E-state index in [0.717, 1.165) is 48.0 Å². The van der Waals surface area contributed by atoms with Crippen LogP contribution in [0.5, 0.6) is 5.75 Å². The Hall–Kier alpha value is -2.57. The fourth-order valence-corrected chi connectivity index (χ4v) is 5.19. The van der Waals surface area contributed by atoms with Gasteiger partial charge in [-0.15, -0.1) is 0 Å². The summed E-state index contributed by atoms with van der Waals surface area (Å²) in [4.78, 5) is 11.1. The lowest BCUT2D eigenvalue weighted by Crippen LogP contribution is -2.54. The molecule has 6 rings (SSSR count). The second kappa shape index (κ2) is 7.84. The fourth-order valence-electron chi connectivity index (χ4n) is 5.19. The van der Waals surface area contributed by atoms with Crippen molar-refractivity contribution in [3.63, 3.8) is 0 Å². The van der Waals surface area contributed by atoms with Gasteiger partial charge < -0.3 is 19.8 Å². The molecular formula is C25H30N4O2. The predicted octanol–water partition coefficient (Wildman–Crippen LogP) is 4.47. The lowest BCUT2D eigenvalue weighted by molar-refractivity contribution is -0.0465. The molecule has 1 saturated carbocycles. The van der Waals surface area contributed by atoms with E-state index in [9.17, 15) is 0 Å². The Morgan fingerprint density at radius 2 is 2.03 bits per heavy atom. The van der Waals surface area contributed by atoms with Crippen LogP contribution in [0.15, 0.2) is 42.5 Å². The van der Waals surface area contributed by atoms with Gasteiger partial charge in [0.2, 0.25) is 0 Å². The largest absolute Gasteiger partial charge is 0.491 e. The number of nitrogens with one attached hydrogen (secondary N) is 2. The molecule has 0 spiro atoms. The van der Waals surface area contributed by atoms with E-state index in [1.165, 1.54) is 24.8 Å². The Kier molecular flexibility index (Phi) is 4.84. The second-order valence-electron chi connectivity index (χ2n) is 9.17. The smallest absolute Gasteiger partial charge is 0.124 e. The van der Waals surface area contributed by atoms with Crippen molar-refractivity contribution in [2.24, 2.45) is 0 Å². The molecule has 2 fully saturated rings. The summed E-state index contributed by atoms with van der Waals surface area (Å²) in [5, 5.41) is 3.89. The number of morpholine rings is 1. The number of rotatable bonds is 4. The van der Waals surface area contributed by atoms with E-state index in [-0.39, 0.29) is 18.2 Å². The molecule has 1 aromatic heterocycles. The highest BCUT2D eigenvalue weighted by molar-refractivity contribution is 5.88. The van der Waals surface area contributed by atoms with Crippen molar-refractivity contribution >= 4 is 16.7 Å². The van der Waals surface area contributed by atoms with E-state index in [4.69, 9.17) is 14.5 Å². The third-order valence-corrected chi connectivity index (χ3v) is 7.12. The summed E-state index contributed by atoms with van der Waals surface area (Å²) < 4.78 is 12.0. The third kappa shape index (κ3) is 3.48. The van der Waals surface area contributed by atoms with Crippen molar-refractivity contribution in [2.45, 2.75) is 50.3 Å².